The first-order chi connectivity index (χ1) is 18.0. The number of ketones is 1. The van der Waals surface area contributed by atoms with Gasteiger partial charge in [0.15, 0.2) is 5.78 Å². The molecule has 3 aliphatic rings. The topological polar surface area (TPSA) is 84.0 Å². The van der Waals surface area contributed by atoms with Crippen LogP contribution < -0.4 is 4.90 Å². The molecular formula is C30H24N2O5. The van der Waals surface area contributed by atoms with Crippen molar-refractivity contribution in [3.63, 3.8) is 0 Å². The van der Waals surface area contributed by atoms with Crippen molar-refractivity contribution in [2.45, 2.75) is 19.0 Å². The molecule has 0 aromatic heterocycles. The SMILES string of the molecule is CCOC(=O)c1ccc(N2C(=O)[C@@H]3[C@H](C2=O)[C@@H]2c4ccccc4C=CN2[C@@H]3C(=O)c2ccccc2)cc1. The van der Waals surface area contributed by atoms with Gasteiger partial charge in [-0.3, -0.25) is 14.4 Å². The average molecular weight is 493 g/mol. The monoisotopic (exact) mass is 492 g/mol. The minimum Gasteiger partial charge on any atom is -0.462 e. The van der Waals surface area contributed by atoms with Gasteiger partial charge in [0.1, 0.15) is 6.04 Å². The molecule has 3 heterocycles. The van der Waals surface area contributed by atoms with Crippen molar-refractivity contribution >= 4 is 35.3 Å². The first kappa shape index (κ1) is 22.9. The number of amides is 2. The van der Waals surface area contributed by atoms with Crippen LogP contribution in [-0.2, 0) is 14.3 Å². The Balaban J connectivity index is 1.43. The molecule has 2 fully saturated rings. The van der Waals surface area contributed by atoms with Gasteiger partial charge in [-0.25, -0.2) is 9.69 Å². The fourth-order valence-corrected chi connectivity index (χ4v) is 5.85. The summed E-state index contributed by atoms with van der Waals surface area (Å²) in [6.45, 7) is 1.97. The third kappa shape index (κ3) is 3.49. The Morgan fingerprint density at radius 2 is 1.49 bits per heavy atom. The first-order valence-electron chi connectivity index (χ1n) is 12.3. The predicted molar refractivity (Wildman–Crippen MR) is 136 cm³/mol. The van der Waals surface area contributed by atoms with Crippen LogP contribution in [-0.4, -0.2) is 41.1 Å². The normalized spacial score (nSPS) is 23.5. The van der Waals surface area contributed by atoms with Gasteiger partial charge in [0.25, 0.3) is 0 Å². The van der Waals surface area contributed by atoms with E-state index in [0.29, 0.717) is 16.8 Å². The molecule has 3 aromatic rings. The molecule has 0 N–H and O–H groups in total. The fraction of sp³-hybridized carbons (Fsp3) is 0.200. The molecule has 2 saturated heterocycles. The van der Waals surface area contributed by atoms with Gasteiger partial charge < -0.3 is 9.64 Å². The molecule has 0 unspecified atom stereocenters. The zero-order valence-electron chi connectivity index (χ0n) is 20.1. The lowest BCUT2D eigenvalue weighted by Gasteiger charge is -2.35. The number of fused-ring (bicyclic) bond motifs is 5. The molecule has 184 valence electrons. The molecule has 0 bridgehead atoms. The molecule has 7 nitrogen and oxygen atoms in total. The number of nitrogens with zero attached hydrogens (tertiary/aromatic N) is 2. The fourth-order valence-electron chi connectivity index (χ4n) is 5.85. The van der Waals surface area contributed by atoms with Crippen LogP contribution in [0.25, 0.3) is 6.08 Å². The van der Waals surface area contributed by atoms with Crippen molar-refractivity contribution < 1.29 is 23.9 Å². The zero-order chi connectivity index (χ0) is 25.7. The predicted octanol–water partition coefficient (Wildman–Crippen LogP) is 4.26. The van der Waals surface area contributed by atoms with Crippen LogP contribution in [0.5, 0.6) is 0 Å². The van der Waals surface area contributed by atoms with Gasteiger partial charge in [-0.15, -0.1) is 0 Å². The van der Waals surface area contributed by atoms with Crippen molar-refractivity contribution in [1.29, 1.82) is 0 Å². The molecular weight excluding hydrogens is 468 g/mol. The number of ether oxygens (including phenoxy) is 1. The molecule has 6 rings (SSSR count). The van der Waals surface area contributed by atoms with E-state index in [2.05, 4.69) is 0 Å². The lowest BCUT2D eigenvalue weighted by atomic mass is 9.83. The number of esters is 1. The quantitative estimate of drug-likeness (QED) is 0.301. The second-order valence-corrected chi connectivity index (χ2v) is 9.34. The molecule has 0 aliphatic carbocycles. The Morgan fingerprint density at radius 3 is 2.22 bits per heavy atom. The summed E-state index contributed by atoms with van der Waals surface area (Å²) in [7, 11) is 0. The smallest absolute Gasteiger partial charge is 0.338 e. The number of benzene rings is 3. The van der Waals surface area contributed by atoms with Crippen LogP contribution in [0.3, 0.4) is 0 Å². The number of carbonyl (C=O) groups excluding carboxylic acids is 4. The van der Waals surface area contributed by atoms with E-state index in [0.717, 1.165) is 11.1 Å². The molecule has 0 saturated carbocycles. The van der Waals surface area contributed by atoms with E-state index in [-0.39, 0.29) is 18.3 Å². The highest BCUT2D eigenvalue weighted by Gasteiger charge is 2.64. The summed E-state index contributed by atoms with van der Waals surface area (Å²) in [5.74, 6) is -2.98. The van der Waals surface area contributed by atoms with E-state index in [1.807, 2.05) is 47.5 Å². The molecule has 3 aliphatic heterocycles. The second-order valence-electron chi connectivity index (χ2n) is 9.34. The molecule has 0 spiro atoms. The van der Waals surface area contributed by atoms with Gasteiger partial charge in [-0.1, -0.05) is 54.6 Å². The van der Waals surface area contributed by atoms with Crippen LogP contribution in [0.15, 0.2) is 85.1 Å². The van der Waals surface area contributed by atoms with Crippen molar-refractivity contribution in [2.24, 2.45) is 11.8 Å². The van der Waals surface area contributed by atoms with Crippen LogP contribution in [0.4, 0.5) is 5.69 Å². The first-order valence-corrected chi connectivity index (χ1v) is 12.3. The van der Waals surface area contributed by atoms with Crippen LogP contribution in [0.2, 0.25) is 0 Å². The standard InChI is InChI=1S/C30H24N2O5/c1-2-37-30(36)20-12-14-21(15-13-20)32-28(34)23-24(29(32)35)26(27(33)19-9-4-3-5-10-19)31-17-16-18-8-6-7-11-22(18)25(23)31/h3-17,23-26H,2H2,1H3/t23-,24+,25-,26-/m0/s1. The Morgan fingerprint density at radius 1 is 0.811 bits per heavy atom. The molecule has 4 atom stereocenters. The summed E-state index contributed by atoms with van der Waals surface area (Å²) in [5, 5.41) is 0. The molecule has 3 aromatic carbocycles. The summed E-state index contributed by atoms with van der Waals surface area (Å²) >= 11 is 0. The number of hydrogen-bond acceptors (Lipinski definition) is 6. The number of anilines is 1. The van der Waals surface area contributed by atoms with Crippen molar-refractivity contribution in [3.8, 4) is 0 Å². The van der Waals surface area contributed by atoms with Crippen molar-refractivity contribution in [1.82, 2.24) is 4.90 Å². The maximum Gasteiger partial charge on any atom is 0.338 e. The highest BCUT2D eigenvalue weighted by molar-refractivity contribution is 6.24. The summed E-state index contributed by atoms with van der Waals surface area (Å²) < 4.78 is 5.04. The van der Waals surface area contributed by atoms with Crippen LogP contribution in [0.1, 0.15) is 44.8 Å². The summed E-state index contributed by atoms with van der Waals surface area (Å²) in [6, 6.07) is 21.6. The number of imide groups is 1. The Kier molecular flexibility index (Phi) is 5.48. The molecule has 0 radical (unpaired) electrons. The molecule has 37 heavy (non-hydrogen) atoms. The summed E-state index contributed by atoms with van der Waals surface area (Å²) in [4.78, 5) is 56.8. The largest absolute Gasteiger partial charge is 0.462 e. The minimum absolute atomic E-state index is 0.192. The van der Waals surface area contributed by atoms with E-state index < -0.39 is 35.8 Å². The maximum absolute atomic E-state index is 13.9. The average Bonchev–Trinajstić information content (AvgIpc) is 3.41. The van der Waals surface area contributed by atoms with E-state index in [1.54, 1.807) is 55.5 Å². The van der Waals surface area contributed by atoms with Gasteiger partial charge in [-0.05, 0) is 48.4 Å². The lowest BCUT2D eigenvalue weighted by Crippen LogP contribution is -2.44. The van der Waals surface area contributed by atoms with Gasteiger partial charge >= 0.3 is 5.97 Å². The Hall–Kier alpha value is -4.52. The number of Topliss-reactive ketones (excluding diaryl/α,β-unsaturated/α-hetero) is 1. The highest BCUT2D eigenvalue weighted by atomic mass is 16.5. The van der Waals surface area contributed by atoms with Gasteiger partial charge in [0.05, 0.1) is 35.7 Å². The van der Waals surface area contributed by atoms with E-state index >= 15 is 0 Å². The molecule has 2 amide bonds. The lowest BCUT2D eigenvalue weighted by molar-refractivity contribution is -0.123. The number of carbonyl (C=O) groups is 4. The van der Waals surface area contributed by atoms with E-state index in [9.17, 15) is 19.2 Å². The van der Waals surface area contributed by atoms with Gasteiger partial charge in [-0.2, -0.15) is 0 Å². The minimum atomic E-state index is -0.842. The number of rotatable bonds is 5. The van der Waals surface area contributed by atoms with Gasteiger partial charge in [0.2, 0.25) is 11.8 Å². The molecule has 7 heteroatoms. The van der Waals surface area contributed by atoms with E-state index in [1.165, 1.54) is 4.90 Å². The Labute approximate surface area is 213 Å². The second kappa shape index (κ2) is 8.85. The van der Waals surface area contributed by atoms with Crippen molar-refractivity contribution in [2.75, 3.05) is 11.5 Å². The van der Waals surface area contributed by atoms with Gasteiger partial charge in [0, 0.05) is 11.8 Å². The van der Waals surface area contributed by atoms with E-state index in [4.69, 9.17) is 4.74 Å². The summed E-state index contributed by atoms with van der Waals surface area (Å²) in [5.41, 5.74) is 3.09. The number of hydrogen-bond donors (Lipinski definition) is 0. The maximum atomic E-state index is 13.9. The third-order valence-electron chi connectivity index (χ3n) is 7.43. The van der Waals surface area contributed by atoms with Crippen molar-refractivity contribution in [3.05, 3.63) is 107 Å². The summed E-state index contributed by atoms with van der Waals surface area (Å²) in [6.07, 6.45) is 3.77. The van der Waals surface area contributed by atoms with Crippen LogP contribution in [0, 0.1) is 11.8 Å². The third-order valence-corrected chi connectivity index (χ3v) is 7.43. The zero-order valence-corrected chi connectivity index (χ0v) is 20.1. The Bertz CT molecular complexity index is 1450. The van der Waals surface area contributed by atoms with Crippen LogP contribution >= 0.6 is 0 Å². The highest BCUT2D eigenvalue weighted by Crippen LogP contribution is 2.53.